The molecule has 0 bridgehead atoms. The zero-order valence-corrected chi connectivity index (χ0v) is 20.1. The Morgan fingerprint density at radius 1 is 0.848 bits per heavy atom. The first-order chi connectivity index (χ1) is 15.7. The predicted molar refractivity (Wildman–Crippen MR) is 130 cm³/mol. The summed E-state index contributed by atoms with van der Waals surface area (Å²) in [4.78, 5) is 24.6. The Balaban J connectivity index is 1.67. The molecule has 0 atom stereocenters. The lowest BCUT2D eigenvalue weighted by molar-refractivity contribution is -0.138. The van der Waals surface area contributed by atoms with Crippen LogP contribution in [0.1, 0.15) is 57.6 Å². The quantitative estimate of drug-likeness (QED) is 0.390. The molecule has 0 saturated heterocycles. The van der Waals surface area contributed by atoms with Gasteiger partial charge in [-0.1, -0.05) is 42.5 Å². The van der Waals surface area contributed by atoms with Gasteiger partial charge in [0.1, 0.15) is 17.9 Å². The maximum atomic E-state index is 12.2. The highest BCUT2D eigenvalue weighted by Crippen LogP contribution is 2.15. The zero-order valence-electron chi connectivity index (χ0n) is 20.1. The molecule has 0 aromatic heterocycles. The standard InChI is InChI=1S/C27H37NO5/c1-27(2,3)33-26(31)28(21-25(29)30)19-10-14-23-15-17-24(18-16-23)32-20-9-5-8-13-22-11-6-4-7-12-22/h4,6-7,11-12,15-18H,5,8-10,13-14,19-21H2,1-3H3,(H,29,30). The van der Waals surface area contributed by atoms with Gasteiger partial charge >= 0.3 is 12.1 Å². The third kappa shape index (κ3) is 11.4. The molecular formula is C27H37NO5. The Morgan fingerprint density at radius 2 is 1.48 bits per heavy atom. The van der Waals surface area contributed by atoms with E-state index in [0.717, 1.165) is 43.4 Å². The summed E-state index contributed by atoms with van der Waals surface area (Å²) in [6, 6.07) is 18.5. The molecule has 0 fully saturated rings. The second-order valence-electron chi connectivity index (χ2n) is 9.19. The van der Waals surface area contributed by atoms with Gasteiger partial charge < -0.3 is 14.6 Å². The number of aryl methyl sites for hydroxylation is 2. The van der Waals surface area contributed by atoms with Crippen LogP contribution in [0.5, 0.6) is 5.75 Å². The summed E-state index contributed by atoms with van der Waals surface area (Å²) in [5.41, 5.74) is 1.84. The van der Waals surface area contributed by atoms with Crippen molar-refractivity contribution < 1.29 is 24.2 Å². The van der Waals surface area contributed by atoms with E-state index in [-0.39, 0.29) is 6.54 Å². The van der Waals surface area contributed by atoms with Crippen LogP contribution in [0.4, 0.5) is 4.79 Å². The number of benzene rings is 2. The second kappa shape index (κ2) is 13.5. The molecule has 2 aromatic carbocycles. The minimum absolute atomic E-state index is 0.322. The number of ether oxygens (including phenoxy) is 2. The largest absolute Gasteiger partial charge is 0.494 e. The van der Waals surface area contributed by atoms with Crippen molar-refractivity contribution in [3.05, 3.63) is 65.7 Å². The third-order valence-electron chi connectivity index (χ3n) is 5.02. The van der Waals surface area contributed by atoms with E-state index < -0.39 is 17.7 Å². The van der Waals surface area contributed by atoms with Crippen LogP contribution in [0.25, 0.3) is 0 Å². The monoisotopic (exact) mass is 455 g/mol. The maximum absolute atomic E-state index is 12.2. The first kappa shape index (κ1) is 26.2. The number of hydrogen-bond acceptors (Lipinski definition) is 4. The van der Waals surface area contributed by atoms with E-state index >= 15 is 0 Å². The van der Waals surface area contributed by atoms with Gasteiger partial charge in [-0.3, -0.25) is 9.69 Å². The Kier molecular flexibility index (Phi) is 10.7. The van der Waals surface area contributed by atoms with Crippen molar-refractivity contribution in [2.24, 2.45) is 0 Å². The summed E-state index contributed by atoms with van der Waals surface area (Å²) >= 11 is 0. The molecule has 0 heterocycles. The van der Waals surface area contributed by atoms with Crippen LogP contribution in [0.15, 0.2) is 54.6 Å². The first-order valence-corrected chi connectivity index (χ1v) is 11.7. The fourth-order valence-electron chi connectivity index (χ4n) is 3.39. The highest BCUT2D eigenvalue weighted by molar-refractivity contribution is 5.76. The van der Waals surface area contributed by atoms with E-state index in [4.69, 9.17) is 14.6 Å². The van der Waals surface area contributed by atoms with Gasteiger partial charge in [-0.2, -0.15) is 0 Å². The number of unbranched alkanes of at least 4 members (excludes halogenated alkanes) is 2. The molecule has 6 nitrogen and oxygen atoms in total. The summed E-state index contributed by atoms with van der Waals surface area (Å²) in [6.07, 6.45) is 5.21. The lowest BCUT2D eigenvalue weighted by atomic mass is 10.1. The maximum Gasteiger partial charge on any atom is 0.410 e. The van der Waals surface area contributed by atoms with E-state index in [2.05, 4.69) is 24.3 Å². The van der Waals surface area contributed by atoms with E-state index in [1.165, 1.54) is 10.5 Å². The minimum atomic E-state index is -1.05. The van der Waals surface area contributed by atoms with Crippen molar-refractivity contribution in [1.82, 2.24) is 4.90 Å². The van der Waals surface area contributed by atoms with E-state index in [1.807, 2.05) is 30.3 Å². The van der Waals surface area contributed by atoms with Crippen LogP contribution in [0.2, 0.25) is 0 Å². The SMILES string of the molecule is CC(C)(C)OC(=O)N(CCCc1ccc(OCCCCCc2ccccc2)cc1)CC(=O)O. The van der Waals surface area contributed by atoms with Gasteiger partial charge in [0, 0.05) is 6.54 Å². The Hall–Kier alpha value is -3.02. The fourth-order valence-corrected chi connectivity index (χ4v) is 3.39. The number of nitrogens with zero attached hydrogens (tertiary/aromatic N) is 1. The molecule has 2 aromatic rings. The average molecular weight is 456 g/mol. The molecule has 0 aliphatic heterocycles. The van der Waals surface area contributed by atoms with Crippen LogP contribution in [0, 0.1) is 0 Å². The lowest BCUT2D eigenvalue weighted by Crippen LogP contribution is -2.40. The number of carboxylic acids is 1. The Morgan fingerprint density at radius 3 is 2.12 bits per heavy atom. The van der Waals surface area contributed by atoms with Crippen molar-refractivity contribution in [3.8, 4) is 5.75 Å². The number of hydrogen-bond donors (Lipinski definition) is 1. The number of rotatable bonds is 13. The van der Waals surface area contributed by atoms with Gasteiger partial charge in [0.05, 0.1) is 6.61 Å². The molecule has 180 valence electrons. The van der Waals surface area contributed by atoms with Crippen molar-refractivity contribution in [1.29, 1.82) is 0 Å². The zero-order chi connectivity index (χ0) is 24.1. The highest BCUT2D eigenvalue weighted by atomic mass is 16.6. The lowest BCUT2D eigenvalue weighted by Gasteiger charge is -2.26. The molecule has 1 N–H and O–H groups in total. The molecule has 0 aliphatic rings. The van der Waals surface area contributed by atoms with Gasteiger partial charge in [-0.25, -0.2) is 4.79 Å². The van der Waals surface area contributed by atoms with E-state index in [1.54, 1.807) is 20.8 Å². The fraction of sp³-hybridized carbons (Fsp3) is 0.481. The minimum Gasteiger partial charge on any atom is -0.494 e. The van der Waals surface area contributed by atoms with E-state index in [0.29, 0.717) is 19.6 Å². The van der Waals surface area contributed by atoms with E-state index in [9.17, 15) is 9.59 Å². The molecule has 0 unspecified atom stereocenters. The summed E-state index contributed by atoms with van der Waals surface area (Å²) in [7, 11) is 0. The van der Waals surface area contributed by atoms with Gasteiger partial charge in [-0.15, -0.1) is 0 Å². The third-order valence-corrected chi connectivity index (χ3v) is 5.02. The smallest absolute Gasteiger partial charge is 0.410 e. The van der Waals surface area contributed by atoms with Gasteiger partial charge in [0.15, 0.2) is 0 Å². The van der Waals surface area contributed by atoms with Gasteiger partial charge in [-0.05, 0) is 82.6 Å². The molecule has 2 rings (SSSR count). The second-order valence-corrected chi connectivity index (χ2v) is 9.19. The molecule has 0 spiro atoms. The van der Waals surface area contributed by atoms with Gasteiger partial charge in [0.2, 0.25) is 0 Å². The molecule has 1 amide bonds. The molecular weight excluding hydrogens is 418 g/mol. The first-order valence-electron chi connectivity index (χ1n) is 11.7. The topological polar surface area (TPSA) is 76.1 Å². The normalized spacial score (nSPS) is 11.1. The molecule has 6 heteroatoms. The molecule has 33 heavy (non-hydrogen) atoms. The summed E-state index contributed by atoms with van der Waals surface area (Å²) < 4.78 is 11.2. The molecule has 0 saturated carbocycles. The van der Waals surface area contributed by atoms with Gasteiger partial charge in [0.25, 0.3) is 0 Å². The number of amides is 1. The van der Waals surface area contributed by atoms with Crippen LogP contribution in [-0.4, -0.2) is 47.4 Å². The van der Waals surface area contributed by atoms with Crippen molar-refractivity contribution >= 4 is 12.1 Å². The highest BCUT2D eigenvalue weighted by Gasteiger charge is 2.23. The van der Waals surface area contributed by atoms with Crippen molar-refractivity contribution in [2.75, 3.05) is 19.7 Å². The average Bonchev–Trinajstić information content (AvgIpc) is 2.75. The Labute approximate surface area is 197 Å². The van der Waals surface area contributed by atoms with Crippen LogP contribution in [0.3, 0.4) is 0 Å². The molecule has 0 aliphatic carbocycles. The van der Waals surface area contributed by atoms with Crippen LogP contribution >= 0.6 is 0 Å². The molecule has 0 radical (unpaired) electrons. The Bertz CT molecular complexity index is 843. The summed E-state index contributed by atoms with van der Waals surface area (Å²) in [5.74, 6) is -0.203. The number of carbonyl (C=O) groups excluding carboxylic acids is 1. The van der Waals surface area contributed by atoms with Crippen LogP contribution < -0.4 is 4.74 Å². The number of carboxylic acid groups (broad SMARTS) is 1. The number of carbonyl (C=O) groups is 2. The summed E-state index contributed by atoms with van der Waals surface area (Å²) in [5, 5.41) is 9.09. The van der Waals surface area contributed by atoms with Crippen LogP contribution in [-0.2, 0) is 22.4 Å². The van der Waals surface area contributed by atoms with Crippen molar-refractivity contribution in [3.63, 3.8) is 0 Å². The summed E-state index contributed by atoms with van der Waals surface area (Å²) in [6.45, 7) is 5.94. The van der Waals surface area contributed by atoms with Crippen molar-refractivity contribution in [2.45, 2.75) is 64.9 Å². The number of aliphatic carboxylic acids is 1. The predicted octanol–water partition coefficient (Wildman–Crippen LogP) is 5.73.